The summed E-state index contributed by atoms with van der Waals surface area (Å²) in [5, 5.41) is 10.0. The third kappa shape index (κ3) is 3.37. The van der Waals surface area contributed by atoms with Crippen molar-refractivity contribution in [2.24, 2.45) is 0 Å². The Labute approximate surface area is 134 Å². The van der Waals surface area contributed by atoms with E-state index in [9.17, 15) is 14.7 Å². The summed E-state index contributed by atoms with van der Waals surface area (Å²) in [5.74, 6) is -0.836. The minimum absolute atomic E-state index is 0.195. The smallest absolute Gasteiger partial charge is 0.338 e. The first kappa shape index (κ1) is 17.0. The van der Waals surface area contributed by atoms with Crippen molar-refractivity contribution in [1.29, 1.82) is 0 Å². The monoisotopic (exact) mass is 320 g/mol. The molecule has 0 saturated carbocycles. The Morgan fingerprint density at radius 1 is 1.22 bits per heavy atom. The Hall–Kier alpha value is -2.34. The predicted molar refractivity (Wildman–Crippen MR) is 82.5 cm³/mol. The standard InChI is InChI=1S/C17H20O6/c1-17(2,20)13-9-12(16(19)23-13)14(21-3)10-7-5-6-8-11(10)15(18)22-4/h5-8,13,20H,9H2,1-4H3/b14-12-/t13-/m0/s1. The Kier molecular flexibility index (Phi) is 4.75. The Bertz CT molecular complexity index is 653. The zero-order chi connectivity index (χ0) is 17.2. The molecule has 124 valence electrons. The molecule has 0 bridgehead atoms. The van der Waals surface area contributed by atoms with E-state index < -0.39 is 23.6 Å². The lowest BCUT2D eigenvalue weighted by atomic mass is 9.95. The van der Waals surface area contributed by atoms with Crippen LogP contribution >= 0.6 is 0 Å². The zero-order valence-corrected chi connectivity index (χ0v) is 13.6. The summed E-state index contributed by atoms with van der Waals surface area (Å²) in [7, 11) is 2.70. The summed E-state index contributed by atoms with van der Waals surface area (Å²) < 4.78 is 15.4. The van der Waals surface area contributed by atoms with Crippen molar-refractivity contribution in [3.63, 3.8) is 0 Å². The van der Waals surface area contributed by atoms with Crippen molar-refractivity contribution in [3.05, 3.63) is 41.0 Å². The molecule has 0 spiro atoms. The molecule has 1 aliphatic rings. The maximum atomic E-state index is 12.2. The second-order valence-corrected chi connectivity index (χ2v) is 5.80. The highest BCUT2D eigenvalue weighted by molar-refractivity contribution is 6.02. The molecule has 1 aromatic carbocycles. The molecule has 6 heteroatoms. The first-order valence-electron chi connectivity index (χ1n) is 7.17. The van der Waals surface area contributed by atoms with Gasteiger partial charge in [-0.05, 0) is 19.9 Å². The fourth-order valence-corrected chi connectivity index (χ4v) is 2.45. The zero-order valence-electron chi connectivity index (χ0n) is 13.6. The molecule has 1 atom stereocenters. The largest absolute Gasteiger partial charge is 0.496 e. The number of carbonyl (C=O) groups is 2. The van der Waals surface area contributed by atoms with Crippen LogP contribution in [-0.4, -0.2) is 43.0 Å². The molecule has 0 aromatic heterocycles. The quantitative estimate of drug-likeness (QED) is 0.518. The van der Waals surface area contributed by atoms with E-state index in [0.29, 0.717) is 11.1 Å². The maximum Gasteiger partial charge on any atom is 0.338 e. The summed E-state index contributed by atoms with van der Waals surface area (Å²) >= 11 is 0. The van der Waals surface area contributed by atoms with Crippen LogP contribution in [0.3, 0.4) is 0 Å². The van der Waals surface area contributed by atoms with Crippen molar-refractivity contribution in [2.45, 2.75) is 32.0 Å². The molecule has 1 heterocycles. The van der Waals surface area contributed by atoms with Crippen LogP contribution in [0.25, 0.3) is 5.76 Å². The molecule has 0 aliphatic carbocycles. The molecular formula is C17H20O6. The van der Waals surface area contributed by atoms with E-state index in [1.807, 2.05) is 0 Å². The number of hydrogen-bond donors (Lipinski definition) is 1. The van der Waals surface area contributed by atoms with Crippen molar-refractivity contribution in [2.75, 3.05) is 14.2 Å². The van der Waals surface area contributed by atoms with Crippen LogP contribution in [0.5, 0.6) is 0 Å². The normalized spacial score (nSPS) is 20.0. The summed E-state index contributed by atoms with van der Waals surface area (Å²) in [5.41, 5.74) is -0.141. The molecule has 1 fully saturated rings. The maximum absolute atomic E-state index is 12.2. The van der Waals surface area contributed by atoms with Crippen LogP contribution in [-0.2, 0) is 19.0 Å². The number of ether oxygens (including phenoxy) is 3. The van der Waals surface area contributed by atoms with E-state index in [2.05, 4.69) is 0 Å². The van der Waals surface area contributed by atoms with E-state index in [1.54, 1.807) is 38.1 Å². The van der Waals surface area contributed by atoms with E-state index in [1.165, 1.54) is 14.2 Å². The third-order valence-electron chi connectivity index (χ3n) is 3.73. The average Bonchev–Trinajstić information content (AvgIpc) is 2.90. The van der Waals surface area contributed by atoms with Crippen LogP contribution in [0.15, 0.2) is 29.8 Å². The van der Waals surface area contributed by atoms with Crippen molar-refractivity contribution in [1.82, 2.24) is 0 Å². The Morgan fingerprint density at radius 3 is 2.30 bits per heavy atom. The van der Waals surface area contributed by atoms with Gasteiger partial charge in [0.1, 0.15) is 11.9 Å². The van der Waals surface area contributed by atoms with E-state index in [4.69, 9.17) is 14.2 Å². The number of aliphatic hydroxyl groups is 1. The van der Waals surface area contributed by atoms with Crippen LogP contribution in [0.1, 0.15) is 36.2 Å². The number of methoxy groups -OCH3 is 2. The van der Waals surface area contributed by atoms with Gasteiger partial charge in [-0.3, -0.25) is 0 Å². The fraction of sp³-hybridized carbons (Fsp3) is 0.412. The van der Waals surface area contributed by atoms with Gasteiger partial charge in [0.2, 0.25) is 0 Å². The minimum Gasteiger partial charge on any atom is -0.496 e. The van der Waals surface area contributed by atoms with Gasteiger partial charge in [-0.2, -0.15) is 0 Å². The first-order chi connectivity index (χ1) is 10.8. The number of benzene rings is 1. The van der Waals surface area contributed by atoms with Crippen molar-refractivity contribution < 1.29 is 28.9 Å². The van der Waals surface area contributed by atoms with Crippen molar-refractivity contribution >= 4 is 17.7 Å². The molecule has 1 saturated heterocycles. The molecule has 0 amide bonds. The van der Waals surface area contributed by atoms with Crippen LogP contribution in [0, 0.1) is 0 Å². The molecule has 6 nitrogen and oxygen atoms in total. The predicted octanol–water partition coefficient (Wildman–Crippen LogP) is 1.92. The Morgan fingerprint density at radius 2 is 1.83 bits per heavy atom. The van der Waals surface area contributed by atoms with Gasteiger partial charge in [-0.1, -0.05) is 18.2 Å². The van der Waals surface area contributed by atoms with Crippen LogP contribution < -0.4 is 0 Å². The molecule has 0 unspecified atom stereocenters. The summed E-state index contributed by atoms with van der Waals surface area (Å²) in [6.07, 6.45) is -0.471. The summed E-state index contributed by atoms with van der Waals surface area (Å²) in [4.78, 5) is 24.1. The average molecular weight is 320 g/mol. The van der Waals surface area contributed by atoms with Gasteiger partial charge in [0, 0.05) is 12.0 Å². The topological polar surface area (TPSA) is 82.1 Å². The minimum atomic E-state index is -1.17. The lowest BCUT2D eigenvalue weighted by Crippen LogP contribution is -2.35. The SMILES string of the molecule is COC(=O)c1ccccc1/C(OC)=C1\C[C@@H](C(C)(C)O)OC1=O. The molecule has 23 heavy (non-hydrogen) atoms. The third-order valence-corrected chi connectivity index (χ3v) is 3.73. The number of carbonyl (C=O) groups excluding carboxylic acids is 2. The number of hydrogen-bond acceptors (Lipinski definition) is 6. The highest BCUT2D eigenvalue weighted by Crippen LogP contribution is 2.34. The lowest BCUT2D eigenvalue weighted by Gasteiger charge is -2.23. The van der Waals surface area contributed by atoms with Gasteiger partial charge in [0.05, 0.1) is 31.0 Å². The van der Waals surface area contributed by atoms with Gasteiger partial charge in [-0.25, -0.2) is 9.59 Å². The second kappa shape index (κ2) is 6.42. The summed E-state index contributed by atoms with van der Waals surface area (Å²) in [6.45, 7) is 3.14. The fourth-order valence-electron chi connectivity index (χ4n) is 2.45. The molecule has 1 N–H and O–H groups in total. The number of esters is 2. The first-order valence-corrected chi connectivity index (χ1v) is 7.17. The van der Waals surface area contributed by atoms with Gasteiger partial charge < -0.3 is 19.3 Å². The molecule has 1 aliphatic heterocycles. The van der Waals surface area contributed by atoms with E-state index in [0.717, 1.165) is 0 Å². The Balaban J connectivity index is 2.52. The molecule has 1 aromatic rings. The molecule has 2 rings (SSSR count). The van der Waals surface area contributed by atoms with Crippen LogP contribution in [0.2, 0.25) is 0 Å². The highest BCUT2D eigenvalue weighted by Gasteiger charge is 2.41. The lowest BCUT2D eigenvalue weighted by molar-refractivity contribution is -0.148. The van der Waals surface area contributed by atoms with Crippen molar-refractivity contribution in [3.8, 4) is 0 Å². The van der Waals surface area contributed by atoms with Gasteiger partial charge in [0.25, 0.3) is 0 Å². The number of rotatable bonds is 4. The molecular weight excluding hydrogens is 300 g/mol. The van der Waals surface area contributed by atoms with Gasteiger partial charge in [0.15, 0.2) is 0 Å². The summed E-state index contributed by atoms with van der Waals surface area (Å²) in [6, 6.07) is 6.69. The second-order valence-electron chi connectivity index (χ2n) is 5.80. The van der Waals surface area contributed by atoms with Gasteiger partial charge >= 0.3 is 11.9 Å². The molecule has 0 radical (unpaired) electrons. The van der Waals surface area contributed by atoms with Gasteiger partial charge in [-0.15, -0.1) is 0 Å². The number of cyclic esters (lactones) is 1. The van der Waals surface area contributed by atoms with E-state index in [-0.39, 0.29) is 17.8 Å². The highest BCUT2D eigenvalue weighted by atomic mass is 16.6. The van der Waals surface area contributed by atoms with E-state index >= 15 is 0 Å². The van der Waals surface area contributed by atoms with Crippen LogP contribution in [0.4, 0.5) is 0 Å².